The van der Waals surface area contributed by atoms with E-state index in [0.29, 0.717) is 6.04 Å². The fourth-order valence-electron chi connectivity index (χ4n) is 1.86. The lowest BCUT2D eigenvalue weighted by Crippen LogP contribution is -2.11. The summed E-state index contributed by atoms with van der Waals surface area (Å²) in [7, 11) is 1.98. The summed E-state index contributed by atoms with van der Waals surface area (Å²) >= 11 is 0. The molecule has 0 radical (unpaired) electrons. The average Bonchev–Trinajstić information content (AvgIpc) is 2.38. The van der Waals surface area contributed by atoms with Crippen LogP contribution in [0.3, 0.4) is 0 Å². The molecule has 0 aliphatic heterocycles. The molecular formula is C15H18N2. The van der Waals surface area contributed by atoms with Gasteiger partial charge in [-0.3, -0.25) is 4.98 Å². The Bertz CT molecular complexity index is 489. The molecule has 1 heterocycles. The molecule has 0 aliphatic rings. The van der Waals surface area contributed by atoms with Crippen molar-refractivity contribution in [3.8, 4) is 11.1 Å². The molecule has 2 nitrogen and oxygen atoms in total. The molecule has 2 aromatic rings. The van der Waals surface area contributed by atoms with Crippen molar-refractivity contribution in [3.05, 3.63) is 53.9 Å². The molecule has 0 saturated heterocycles. The minimum atomic E-state index is 0.392. The summed E-state index contributed by atoms with van der Waals surface area (Å²) in [6.45, 7) is 4.17. The molecule has 17 heavy (non-hydrogen) atoms. The van der Waals surface area contributed by atoms with E-state index in [1.807, 2.05) is 26.2 Å². The molecule has 0 amide bonds. The maximum atomic E-state index is 4.21. The Morgan fingerprint density at radius 1 is 1.06 bits per heavy atom. The summed E-state index contributed by atoms with van der Waals surface area (Å²) in [5.41, 5.74) is 4.82. The van der Waals surface area contributed by atoms with E-state index in [9.17, 15) is 0 Å². The zero-order valence-corrected chi connectivity index (χ0v) is 10.6. The summed E-state index contributed by atoms with van der Waals surface area (Å²) in [6, 6.07) is 13.2. The maximum absolute atomic E-state index is 4.21. The topological polar surface area (TPSA) is 24.9 Å². The molecule has 0 fully saturated rings. The van der Waals surface area contributed by atoms with Gasteiger partial charge in [0.05, 0.1) is 0 Å². The van der Waals surface area contributed by atoms with Gasteiger partial charge in [-0.2, -0.15) is 0 Å². The van der Waals surface area contributed by atoms with Crippen LogP contribution in [0.25, 0.3) is 11.1 Å². The van der Waals surface area contributed by atoms with Crippen LogP contribution in [0.15, 0.2) is 42.6 Å². The van der Waals surface area contributed by atoms with Gasteiger partial charge in [0.25, 0.3) is 0 Å². The zero-order valence-electron chi connectivity index (χ0n) is 10.6. The van der Waals surface area contributed by atoms with Crippen molar-refractivity contribution >= 4 is 0 Å². The quantitative estimate of drug-likeness (QED) is 0.868. The van der Waals surface area contributed by atoms with Crippen LogP contribution < -0.4 is 5.32 Å². The van der Waals surface area contributed by atoms with Crippen molar-refractivity contribution in [1.82, 2.24) is 10.3 Å². The standard InChI is InChI=1S/C15H18N2/c1-11-10-15(8-9-17-11)14-6-4-13(5-7-14)12(2)16-3/h4-10,12,16H,1-3H3. The highest BCUT2D eigenvalue weighted by atomic mass is 14.8. The predicted octanol–water partition coefficient (Wildman–Crippen LogP) is 3.34. The second-order valence-electron chi connectivity index (χ2n) is 4.32. The number of pyridine rings is 1. The van der Waals surface area contributed by atoms with E-state index in [1.165, 1.54) is 16.7 Å². The van der Waals surface area contributed by atoms with Gasteiger partial charge in [-0.05, 0) is 49.7 Å². The number of nitrogens with one attached hydrogen (secondary N) is 1. The van der Waals surface area contributed by atoms with Crippen molar-refractivity contribution in [2.24, 2.45) is 0 Å². The molecule has 1 N–H and O–H groups in total. The third-order valence-electron chi connectivity index (χ3n) is 3.07. The number of hydrogen-bond acceptors (Lipinski definition) is 2. The Morgan fingerprint density at radius 2 is 1.76 bits per heavy atom. The molecule has 0 spiro atoms. The predicted molar refractivity (Wildman–Crippen MR) is 71.9 cm³/mol. The van der Waals surface area contributed by atoms with Gasteiger partial charge >= 0.3 is 0 Å². The molecule has 1 atom stereocenters. The Morgan fingerprint density at radius 3 is 2.35 bits per heavy atom. The molecule has 0 saturated carbocycles. The molecule has 1 aromatic heterocycles. The maximum Gasteiger partial charge on any atom is 0.0378 e. The van der Waals surface area contributed by atoms with Gasteiger partial charge in [0.1, 0.15) is 0 Å². The molecule has 0 aliphatic carbocycles. The molecule has 1 unspecified atom stereocenters. The first-order valence-corrected chi connectivity index (χ1v) is 5.91. The normalized spacial score (nSPS) is 12.4. The van der Waals surface area contributed by atoms with Gasteiger partial charge < -0.3 is 5.32 Å². The fourth-order valence-corrected chi connectivity index (χ4v) is 1.86. The monoisotopic (exact) mass is 226 g/mol. The van der Waals surface area contributed by atoms with Crippen LogP contribution in [0.4, 0.5) is 0 Å². The van der Waals surface area contributed by atoms with Gasteiger partial charge in [-0.25, -0.2) is 0 Å². The fraction of sp³-hybridized carbons (Fsp3) is 0.267. The van der Waals surface area contributed by atoms with Crippen LogP contribution in [0.1, 0.15) is 24.2 Å². The van der Waals surface area contributed by atoms with Gasteiger partial charge in [0.2, 0.25) is 0 Å². The average molecular weight is 226 g/mol. The van der Waals surface area contributed by atoms with Crippen LogP contribution >= 0.6 is 0 Å². The lowest BCUT2D eigenvalue weighted by Gasteiger charge is -2.11. The number of aryl methyl sites for hydroxylation is 1. The van der Waals surface area contributed by atoms with Crippen LogP contribution in [-0.4, -0.2) is 12.0 Å². The molecule has 2 rings (SSSR count). The highest BCUT2D eigenvalue weighted by Crippen LogP contribution is 2.21. The summed E-state index contributed by atoms with van der Waals surface area (Å²) in [5, 5.41) is 3.24. The van der Waals surface area contributed by atoms with E-state index in [1.54, 1.807) is 0 Å². The third kappa shape index (κ3) is 2.71. The molecule has 0 bridgehead atoms. The summed E-state index contributed by atoms with van der Waals surface area (Å²) in [6.07, 6.45) is 1.86. The third-order valence-corrected chi connectivity index (χ3v) is 3.07. The second-order valence-corrected chi connectivity index (χ2v) is 4.32. The van der Waals surface area contributed by atoms with E-state index in [0.717, 1.165) is 5.69 Å². The van der Waals surface area contributed by atoms with Gasteiger partial charge in [-0.15, -0.1) is 0 Å². The second kappa shape index (κ2) is 5.11. The summed E-state index contributed by atoms with van der Waals surface area (Å²) < 4.78 is 0. The smallest absolute Gasteiger partial charge is 0.0378 e. The molecular weight excluding hydrogens is 208 g/mol. The van der Waals surface area contributed by atoms with E-state index < -0.39 is 0 Å². The van der Waals surface area contributed by atoms with E-state index >= 15 is 0 Å². The van der Waals surface area contributed by atoms with Gasteiger partial charge in [-0.1, -0.05) is 24.3 Å². The largest absolute Gasteiger partial charge is 0.313 e. The Kier molecular flexibility index (Phi) is 3.55. The summed E-state index contributed by atoms with van der Waals surface area (Å²) in [4.78, 5) is 4.21. The SMILES string of the molecule is CNC(C)c1ccc(-c2ccnc(C)c2)cc1. The first kappa shape index (κ1) is 11.8. The van der Waals surface area contributed by atoms with Crippen molar-refractivity contribution in [2.45, 2.75) is 19.9 Å². The van der Waals surface area contributed by atoms with Crippen molar-refractivity contribution in [1.29, 1.82) is 0 Å². The highest BCUT2D eigenvalue weighted by molar-refractivity contribution is 5.63. The van der Waals surface area contributed by atoms with E-state index in [-0.39, 0.29) is 0 Å². The van der Waals surface area contributed by atoms with Gasteiger partial charge in [0, 0.05) is 17.9 Å². The minimum absolute atomic E-state index is 0.392. The lowest BCUT2D eigenvalue weighted by molar-refractivity contribution is 0.652. The number of aromatic nitrogens is 1. The number of rotatable bonds is 3. The Hall–Kier alpha value is -1.67. The minimum Gasteiger partial charge on any atom is -0.313 e. The number of nitrogens with zero attached hydrogens (tertiary/aromatic N) is 1. The lowest BCUT2D eigenvalue weighted by atomic mass is 10.0. The van der Waals surface area contributed by atoms with Crippen molar-refractivity contribution in [2.75, 3.05) is 7.05 Å². The Labute approximate surface area is 103 Å². The number of hydrogen-bond donors (Lipinski definition) is 1. The summed E-state index contributed by atoms with van der Waals surface area (Å²) in [5.74, 6) is 0. The molecule has 88 valence electrons. The number of benzene rings is 1. The zero-order chi connectivity index (χ0) is 12.3. The first-order chi connectivity index (χ1) is 8.20. The van der Waals surface area contributed by atoms with Gasteiger partial charge in [0.15, 0.2) is 0 Å². The highest BCUT2D eigenvalue weighted by Gasteiger charge is 2.03. The molecule has 2 heteroatoms. The van der Waals surface area contributed by atoms with Crippen molar-refractivity contribution < 1.29 is 0 Å². The Balaban J connectivity index is 2.29. The first-order valence-electron chi connectivity index (χ1n) is 5.91. The van der Waals surface area contributed by atoms with E-state index in [2.05, 4.69) is 47.6 Å². The van der Waals surface area contributed by atoms with Crippen LogP contribution in [0.2, 0.25) is 0 Å². The van der Waals surface area contributed by atoms with E-state index in [4.69, 9.17) is 0 Å². The van der Waals surface area contributed by atoms with Crippen LogP contribution in [0.5, 0.6) is 0 Å². The van der Waals surface area contributed by atoms with Crippen LogP contribution in [-0.2, 0) is 0 Å². The van der Waals surface area contributed by atoms with Crippen molar-refractivity contribution in [3.63, 3.8) is 0 Å². The van der Waals surface area contributed by atoms with Crippen LogP contribution in [0, 0.1) is 6.92 Å². The molecule has 1 aromatic carbocycles.